The van der Waals surface area contributed by atoms with E-state index in [4.69, 9.17) is 0 Å². The Balaban J connectivity index is 2.02. The molecule has 2 fully saturated rings. The van der Waals surface area contributed by atoms with Crippen molar-refractivity contribution in [3.63, 3.8) is 0 Å². The van der Waals surface area contributed by atoms with E-state index in [1.807, 2.05) is 7.05 Å². The minimum absolute atomic E-state index is 0.0971. The SMILES string of the molecule is CN(C(=O)CC1CCCC1)C1(CC(=O)O)CCCCC1. The Labute approximate surface area is 121 Å². The molecular formula is C16H27NO3. The summed E-state index contributed by atoms with van der Waals surface area (Å²) in [5.41, 5.74) is -0.431. The Morgan fingerprint density at radius 3 is 2.25 bits per heavy atom. The predicted octanol–water partition coefficient (Wildman–Crippen LogP) is 3.20. The molecule has 2 aliphatic rings. The Morgan fingerprint density at radius 2 is 1.70 bits per heavy atom. The first-order valence-corrected chi connectivity index (χ1v) is 8.02. The molecule has 4 nitrogen and oxygen atoms in total. The summed E-state index contributed by atoms with van der Waals surface area (Å²) in [6.45, 7) is 0. The second kappa shape index (κ2) is 6.59. The fourth-order valence-electron chi connectivity index (χ4n) is 3.99. The number of rotatable bonds is 5. The van der Waals surface area contributed by atoms with Gasteiger partial charge in [0.25, 0.3) is 0 Å². The van der Waals surface area contributed by atoms with Gasteiger partial charge < -0.3 is 10.0 Å². The zero-order valence-corrected chi connectivity index (χ0v) is 12.6. The molecule has 0 radical (unpaired) electrons. The Morgan fingerprint density at radius 1 is 1.10 bits per heavy atom. The first-order chi connectivity index (χ1) is 9.53. The molecule has 1 amide bonds. The zero-order chi connectivity index (χ0) is 14.6. The molecule has 20 heavy (non-hydrogen) atoms. The molecule has 0 aromatic heterocycles. The van der Waals surface area contributed by atoms with Gasteiger partial charge in [-0.1, -0.05) is 32.1 Å². The maximum Gasteiger partial charge on any atom is 0.305 e. The third-order valence-corrected chi connectivity index (χ3v) is 5.29. The third-order valence-electron chi connectivity index (χ3n) is 5.29. The lowest BCUT2D eigenvalue weighted by molar-refractivity contribution is -0.146. The van der Waals surface area contributed by atoms with E-state index in [9.17, 15) is 14.7 Å². The second-order valence-electron chi connectivity index (χ2n) is 6.66. The topological polar surface area (TPSA) is 57.6 Å². The molecule has 0 aromatic rings. The first-order valence-electron chi connectivity index (χ1n) is 8.02. The number of aliphatic carboxylic acids is 1. The van der Waals surface area contributed by atoms with Crippen LogP contribution in [0.4, 0.5) is 0 Å². The molecule has 1 N–H and O–H groups in total. The van der Waals surface area contributed by atoms with Gasteiger partial charge in [-0.2, -0.15) is 0 Å². The van der Waals surface area contributed by atoms with Gasteiger partial charge in [0.15, 0.2) is 0 Å². The number of carbonyl (C=O) groups is 2. The van der Waals surface area contributed by atoms with E-state index in [2.05, 4.69) is 0 Å². The van der Waals surface area contributed by atoms with Crippen LogP contribution in [-0.4, -0.2) is 34.5 Å². The van der Waals surface area contributed by atoms with Crippen LogP contribution in [0.15, 0.2) is 0 Å². The number of hydrogen-bond acceptors (Lipinski definition) is 2. The Bertz CT molecular complexity index is 355. The van der Waals surface area contributed by atoms with Crippen molar-refractivity contribution in [2.75, 3.05) is 7.05 Å². The molecule has 2 rings (SSSR count). The molecule has 2 saturated carbocycles. The van der Waals surface area contributed by atoms with Crippen LogP contribution in [0.5, 0.6) is 0 Å². The van der Waals surface area contributed by atoms with E-state index < -0.39 is 11.5 Å². The fourth-order valence-corrected chi connectivity index (χ4v) is 3.99. The lowest BCUT2D eigenvalue weighted by Crippen LogP contribution is -2.52. The molecule has 0 bridgehead atoms. The van der Waals surface area contributed by atoms with Crippen LogP contribution in [0, 0.1) is 5.92 Å². The molecule has 4 heteroatoms. The van der Waals surface area contributed by atoms with Gasteiger partial charge in [0.05, 0.1) is 12.0 Å². The van der Waals surface area contributed by atoms with Crippen LogP contribution in [0.3, 0.4) is 0 Å². The normalized spacial score (nSPS) is 22.6. The van der Waals surface area contributed by atoms with Crippen molar-refractivity contribution in [2.24, 2.45) is 5.92 Å². The lowest BCUT2D eigenvalue weighted by Gasteiger charge is -2.44. The van der Waals surface area contributed by atoms with Gasteiger partial charge in [-0.25, -0.2) is 0 Å². The number of nitrogens with zero attached hydrogens (tertiary/aromatic N) is 1. The van der Waals surface area contributed by atoms with Crippen LogP contribution in [0.25, 0.3) is 0 Å². The van der Waals surface area contributed by atoms with Gasteiger partial charge in [-0.05, 0) is 31.6 Å². The standard InChI is InChI=1S/C16H27NO3/c1-17(14(18)11-13-7-3-4-8-13)16(12-15(19)20)9-5-2-6-10-16/h13H,2-12H2,1H3,(H,19,20). The van der Waals surface area contributed by atoms with Crippen LogP contribution in [-0.2, 0) is 9.59 Å². The van der Waals surface area contributed by atoms with Gasteiger partial charge in [0.1, 0.15) is 0 Å². The summed E-state index contributed by atoms with van der Waals surface area (Å²) in [7, 11) is 1.82. The molecule has 0 heterocycles. The minimum Gasteiger partial charge on any atom is -0.481 e. The Hall–Kier alpha value is -1.06. The molecule has 0 atom stereocenters. The summed E-state index contributed by atoms with van der Waals surface area (Å²) < 4.78 is 0. The number of carboxylic acid groups (broad SMARTS) is 1. The number of carbonyl (C=O) groups excluding carboxylic acids is 1. The summed E-state index contributed by atoms with van der Waals surface area (Å²) in [6, 6.07) is 0. The molecule has 0 unspecified atom stereocenters. The van der Waals surface area contributed by atoms with Crippen molar-refractivity contribution in [3.05, 3.63) is 0 Å². The van der Waals surface area contributed by atoms with Gasteiger partial charge in [0, 0.05) is 13.5 Å². The van der Waals surface area contributed by atoms with E-state index in [-0.39, 0.29) is 12.3 Å². The molecule has 0 saturated heterocycles. The van der Waals surface area contributed by atoms with Gasteiger partial charge in [-0.15, -0.1) is 0 Å². The molecule has 114 valence electrons. The average molecular weight is 281 g/mol. The lowest BCUT2D eigenvalue weighted by atomic mass is 9.77. The largest absolute Gasteiger partial charge is 0.481 e. The van der Waals surface area contributed by atoms with E-state index in [1.165, 1.54) is 12.8 Å². The minimum atomic E-state index is -0.785. The summed E-state index contributed by atoms with van der Waals surface area (Å²) in [5.74, 6) is -0.108. The number of amides is 1. The number of carboxylic acids is 1. The monoisotopic (exact) mass is 281 g/mol. The van der Waals surface area contributed by atoms with Crippen LogP contribution in [0.1, 0.15) is 70.6 Å². The fraction of sp³-hybridized carbons (Fsp3) is 0.875. The van der Waals surface area contributed by atoms with Crippen molar-refractivity contribution in [2.45, 2.75) is 76.2 Å². The van der Waals surface area contributed by atoms with Crippen molar-refractivity contribution in [1.29, 1.82) is 0 Å². The highest BCUT2D eigenvalue weighted by atomic mass is 16.4. The maximum atomic E-state index is 12.5. The molecular weight excluding hydrogens is 254 g/mol. The highest BCUT2D eigenvalue weighted by Gasteiger charge is 2.40. The van der Waals surface area contributed by atoms with Crippen molar-refractivity contribution >= 4 is 11.9 Å². The molecule has 2 aliphatic carbocycles. The summed E-state index contributed by atoms with van der Waals surface area (Å²) in [5, 5.41) is 9.21. The highest BCUT2D eigenvalue weighted by molar-refractivity contribution is 5.78. The van der Waals surface area contributed by atoms with E-state index in [0.717, 1.165) is 44.9 Å². The van der Waals surface area contributed by atoms with E-state index in [1.54, 1.807) is 4.90 Å². The zero-order valence-electron chi connectivity index (χ0n) is 12.6. The molecule has 0 spiro atoms. The highest BCUT2D eigenvalue weighted by Crippen LogP contribution is 2.37. The van der Waals surface area contributed by atoms with Crippen LogP contribution >= 0.6 is 0 Å². The number of hydrogen-bond donors (Lipinski definition) is 1. The molecule has 0 aliphatic heterocycles. The average Bonchev–Trinajstić information content (AvgIpc) is 2.91. The Kier molecular flexibility index (Phi) is 5.06. The summed E-state index contributed by atoms with van der Waals surface area (Å²) in [4.78, 5) is 25.5. The smallest absolute Gasteiger partial charge is 0.305 e. The predicted molar refractivity (Wildman–Crippen MR) is 77.4 cm³/mol. The molecule has 0 aromatic carbocycles. The van der Waals surface area contributed by atoms with Crippen molar-refractivity contribution in [1.82, 2.24) is 4.90 Å². The van der Waals surface area contributed by atoms with Gasteiger partial charge in [0.2, 0.25) is 5.91 Å². The van der Waals surface area contributed by atoms with Crippen molar-refractivity contribution < 1.29 is 14.7 Å². The third kappa shape index (κ3) is 3.53. The van der Waals surface area contributed by atoms with Gasteiger partial charge in [-0.3, -0.25) is 9.59 Å². The second-order valence-corrected chi connectivity index (χ2v) is 6.66. The maximum absolute atomic E-state index is 12.5. The first kappa shape index (κ1) is 15.3. The van der Waals surface area contributed by atoms with Crippen molar-refractivity contribution in [3.8, 4) is 0 Å². The van der Waals surface area contributed by atoms with Crippen LogP contribution < -0.4 is 0 Å². The van der Waals surface area contributed by atoms with E-state index >= 15 is 0 Å². The van der Waals surface area contributed by atoms with E-state index in [0.29, 0.717) is 12.3 Å². The summed E-state index contributed by atoms with van der Waals surface area (Å²) in [6.07, 6.45) is 10.4. The summed E-state index contributed by atoms with van der Waals surface area (Å²) >= 11 is 0. The van der Waals surface area contributed by atoms with Crippen LogP contribution in [0.2, 0.25) is 0 Å². The van der Waals surface area contributed by atoms with Gasteiger partial charge >= 0.3 is 5.97 Å². The quantitative estimate of drug-likeness (QED) is 0.842.